The highest BCUT2D eigenvalue weighted by Crippen LogP contribution is 2.23. The van der Waals surface area contributed by atoms with E-state index in [-0.39, 0.29) is 0 Å². The van der Waals surface area contributed by atoms with E-state index in [4.69, 9.17) is 15.4 Å². The number of rotatable bonds is 5. The zero-order valence-electron chi connectivity index (χ0n) is 13.6. The van der Waals surface area contributed by atoms with Crippen LogP contribution < -0.4 is 11.1 Å². The summed E-state index contributed by atoms with van der Waals surface area (Å²) in [6.07, 6.45) is 0. The van der Waals surface area contributed by atoms with Crippen LogP contribution in [0.5, 0.6) is 0 Å². The lowest BCUT2D eigenvalue weighted by molar-refractivity contribution is -0.121. The van der Waals surface area contributed by atoms with Crippen molar-refractivity contribution in [2.75, 3.05) is 11.9 Å². The predicted octanol–water partition coefficient (Wildman–Crippen LogP) is 2.05. The number of anilines is 1. The highest BCUT2D eigenvalue weighted by Gasteiger charge is 2.27. The van der Waals surface area contributed by atoms with Crippen molar-refractivity contribution in [3.8, 4) is 22.8 Å². The fraction of sp³-hybridized carbons (Fsp3) is 0.167. The van der Waals surface area contributed by atoms with Gasteiger partial charge in [0, 0.05) is 16.8 Å². The average molecular weight is 338 g/mol. The van der Waals surface area contributed by atoms with E-state index in [2.05, 4.69) is 15.5 Å². The van der Waals surface area contributed by atoms with Crippen molar-refractivity contribution in [2.24, 2.45) is 5.73 Å². The maximum absolute atomic E-state index is 11.9. The minimum absolute atomic E-state index is 0.440. The molecule has 0 unspecified atom stereocenters. The second-order valence-corrected chi connectivity index (χ2v) is 5.90. The third-order valence-corrected chi connectivity index (χ3v) is 3.69. The number of carbonyl (C=O) groups is 1. The molecule has 7 nitrogen and oxygen atoms in total. The van der Waals surface area contributed by atoms with Crippen LogP contribution in [0.1, 0.15) is 6.92 Å². The maximum atomic E-state index is 11.9. The van der Waals surface area contributed by atoms with Crippen LogP contribution in [0, 0.1) is 0 Å². The van der Waals surface area contributed by atoms with Crippen LogP contribution in [-0.4, -0.2) is 33.3 Å². The zero-order valence-corrected chi connectivity index (χ0v) is 13.6. The number of nitrogens with zero attached hydrogens (tertiary/aromatic N) is 2. The molecule has 3 rings (SSSR count). The van der Waals surface area contributed by atoms with Crippen molar-refractivity contribution in [1.29, 1.82) is 0 Å². The normalized spacial score (nSPS) is 13.2. The largest absolute Gasteiger partial charge is 0.394 e. The Labute approximate surface area is 144 Å². The van der Waals surface area contributed by atoms with Gasteiger partial charge < -0.3 is 20.7 Å². The van der Waals surface area contributed by atoms with E-state index < -0.39 is 18.1 Å². The molecule has 3 aromatic rings. The molecule has 2 aromatic carbocycles. The van der Waals surface area contributed by atoms with Crippen LogP contribution in [0.3, 0.4) is 0 Å². The Bertz CT molecular complexity index is 858. The summed E-state index contributed by atoms with van der Waals surface area (Å²) in [6, 6.07) is 16.4. The van der Waals surface area contributed by atoms with Crippen LogP contribution >= 0.6 is 0 Å². The monoisotopic (exact) mass is 338 g/mol. The van der Waals surface area contributed by atoms with Gasteiger partial charge in [-0.3, -0.25) is 4.79 Å². The number of aromatic nitrogens is 2. The fourth-order valence-electron chi connectivity index (χ4n) is 2.09. The Kier molecular flexibility index (Phi) is 4.60. The quantitative estimate of drug-likeness (QED) is 0.656. The van der Waals surface area contributed by atoms with E-state index in [1.165, 1.54) is 6.92 Å². The van der Waals surface area contributed by atoms with Gasteiger partial charge in [-0.1, -0.05) is 23.4 Å². The summed E-state index contributed by atoms with van der Waals surface area (Å²) in [5.41, 5.74) is 6.51. The molecule has 25 heavy (non-hydrogen) atoms. The van der Waals surface area contributed by atoms with Crippen molar-refractivity contribution in [2.45, 2.75) is 12.5 Å². The molecule has 0 aliphatic carbocycles. The van der Waals surface area contributed by atoms with Crippen LogP contribution in [0.25, 0.3) is 22.8 Å². The van der Waals surface area contributed by atoms with Crippen molar-refractivity contribution in [3.05, 3.63) is 54.6 Å². The number of aliphatic hydroxyl groups is 1. The first-order valence-corrected chi connectivity index (χ1v) is 7.70. The molecular weight excluding hydrogens is 320 g/mol. The molecule has 4 N–H and O–H groups in total. The molecule has 0 radical (unpaired) electrons. The van der Waals surface area contributed by atoms with Gasteiger partial charge in [0.2, 0.25) is 11.7 Å². The number of amides is 1. The number of carbonyl (C=O) groups excluding carboxylic acids is 1. The maximum Gasteiger partial charge on any atom is 0.258 e. The van der Waals surface area contributed by atoms with Gasteiger partial charge in [0.05, 0.1) is 6.61 Å². The van der Waals surface area contributed by atoms with Crippen LogP contribution in [0.2, 0.25) is 0 Å². The van der Waals surface area contributed by atoms with E-state index >= 15 is 0 Å². The molecule has 0 aliphatic rings. The van der Waals surface area contributed by atoms with Gasteiger partial charge in [0.25, 0.3) is 5.89 Å². The van der Waals surface area contributed by atoms with Gasteiger partial charge in [-0.15, -0.1) is 0 Å². The molecule has 0 bridgehead atoms. The van der Waals surface area contributed by atoms with E-state index in [9.17, 15) is 4.79 Å². The Morgan fingerprint density at radius 3 is 2.48 bits per heavy atom. The lowest BCUT2D eigenvalue weighted by Gasteiger charge is -2.20. The summed E-state index contributed by atoms with van der Waals surface area (Å²) in [6.45, 7) is 1.02. The lowest BCUT2D eigenvalue weighted by Crippen LogP contribution is -2.51. The Morgan fingerprint density at radius 1 is 1.16 bits per heavy atom. The number of aliphatic hydroxyl groups excluding tert-OH is 1. The number of nitrogens with two attached hydrogens (primary N) is 1. The Morgan fingerprint density at radius 2 is 1.84 bits per heavy atom. The van der Waals surface area contributed by atoms with Gasteiger partial charge in [-0.05, 0) is 43.3 Å². The Balaban J connectivity index is 1.75. The second kappa shape index (κ2) is 6.84. The van der Waals surface area contributed by atoms with Crippen LogP contribution in [-0.2, 0) is 4.79 Å². The molecule has 0 saturated carbocycles. The number of hydrogen-bond donors (Lipinski definition) is 3. The standard InChI is InChI=1S/C18H18N4O3/c1-18(19,11-23)17(24)20-14-9-7-12(8-10-14)15-21-16(25-22-15)13-5-3-2-4-6-13/h2-10,23H,11,19H2,1H3,(H,20,24)/t18-/m0/s1. The van der Waals surface area contributed by atoms with Crippen molar-refractivity contribution in [1.82, 2.24) is 10.1 Å². The summed E-state index contributed by atoms with van der Waals surface area (Å²) in [4.78, 5) is 16.3. The first-order chi connectivity index (χ1) is 12.0. The molecule has 1 heterocycles. The number of hydrogen-bond acceptors (Lipinski definition) is 6. The van der Waals surface area contributed by atoms with Crippen molar-refractivity contribution in [3.63, 3.8) is 0 Å². The summed E-state index contributed by atoms with van der Waals surface area (Å²) in [5.74, 6) is 0.430. The molecule has 0 fully saturated rings. The second-order valence-electron chi connectivity index (χ2n) is 5.90. The third-order valence-electron chi connectivity index (χ3n) is 3.69. The molecule has 0 spiro atoms. The van der Waals surface area contributed by atoms with Gasteiger partial charge in [0.15, 0.2) is 0 Å². The summed E-state index contributed by atoms with van der Waals surface area (Å²) < 4.78 is 5.28. The topological polar surface area (TPSA) is 114 Å². The molecule has 0 saturated heterocycles. The van der Waals surface area contributed by atoms with Crippen molar-refractivity contribution < 1.29 is 14.4 Å². The molecule has 1 atom stereocenters. The molecule has 0 aliphatic heterocycles. The van der Waals surface area contributed by atoms with E-state index in [1.807, 2.05) is 30.3 Å². The molecule has 1 aromatic heterocycles. The Hall–Kier alpha value is -3.03. The fourth-order valence-corrected chi connectivity index (χ4v) is 2.09. The first-order valence-electron chi connectivity index (χ1n) is 7.70. The summed E-state index contributed by atoms with van der Waals surface area (Å²) in [7, 11) is 0. The zero-order chi connectivity index (χ0) is 17.9. The first kappa shape index (κ1) is 16.8. The van der Waals surface area contributed by atoms with Crippen molar-refractivity contribution >= 4 is 11.6 Å². The van der Waals surface area contributed by atoms with Gasteiger partial charge in [0.1, 0.15) is 5.54 Å². The summed E-state index contributed by atoms with van der Waals surface area (Å²) >= 11 is 0. The SMILES string of the molecule is C[C@](N)(CO)C(=O)Nc1ccc(-c2noc(-c3ccccc3)n2)cc1. The molecule has 7 heteroatoms. The van der Waals surface area contributed by atoms with Gasteiger partial charge in [-0.25, -0.2) is 0 Å². The molecule has 128 valence electrons. The van der Waals surface area contributed by atoms with Gasteiger partial charge in [-0.2, -0.15) is 4.98 Å². The smallest absolute Gasteiger partial charge is 0.258 e. The van der Waals surface area contributed by atoms with E-state index in [1.54, 1.807) is 24.3 Å². The van der Waals surface area contributed by atoms with E-state index in [0.29, 0.717) is 17.4 Å². The molecular formula is C18H18N4O3. The van der Waals surface area contributed by atoms with Crippen LogP contribution in [0.15, 0.2) is 59.1 Å². The van der Waals surface area contributed by atoms with Crippen LogP contribution in [0.4, 0.5) is 5.69 Å². The number of nitrogens with one attached hydrogen (secondary N) is 1. The minimum Gasteiger partial charge on any atom is -0.394 e. The highest BCUT2D eigenvalue weighted by molar-refractivity contribution is 5.97. The highest BCUT2D eigenvalue weighted by atomic mass is 16.5. The van der Waals surface area contributed by atoms with Gasteiger partial charge >= 0.3 is 0 Å². The molecule has 1 amide bonds. The lowest BCUT2D eigenvalue weighted by atomic mass is 10.0. The average Bonchev–Trinajstić information content (AvgIpc) is 3.13. The third kappa shape index (κ3) is 3.73. The summed E-state index contributed by atoms with van der Waals surface area (Å²) in [5, 5.41) is 15.8. The van der Waals surface area contributed by atoms with E-state index in [0.717, 1.165) is 11.1 Å². The number of benzene rings is 2. The predicted molar refractivity (Wildman–Crippen MR) is 93.5 cm³/mol. The minimum atomic E-state index is -1.34.